The van der Waals surface area contributed by atoms with Crippen molar-refractivity contribution in [3.8, 4) is 0 Å². The molecule has 2 aromatic carbocycles. The lowest BCUT2D eigenvalue weighted by Crippen LogP contribution is -2.52. The van der Waals surface area contributed by atoms with Crippen molar-refractivity contribution < 1.29 is 18.0 Å². The molecule has 10 heteroatoms. The molecule has 0 heterocycles. The van der Waals surface area contributed by atoms with Gasteiger partial charge in [-0.15, -0.1) is 0 Å². The highest BCUT2D eigenvalue weighted by Crippen LogP contribution is 2.25. The maximum absolute atomic E-state index is 13.7. The van der Waals surface area contributed by atoms with Crippen molar-refractivity contribution in [3.63, 3.8) is 0 Å². The number of aryl methyl sites for hydroxylation is 1. The Labute approximate surface area is 218 Å². The van der Waals surface area contributed by atoms with Gasteiger partial charge in [-0.3, -0.25) is 13.9 Å². The number of benzene rings is 2. The second-order valence-corrected chi connectivity index (χ2v) is 11.7. The average Bonchev–Trinajstić information content (AvgIpc) is 2.76. The van der Waals surface area contributed by atoms with Gasteiger partial charge in [-0.2, -0.15) is 0 Å². The highest BCUT2D eigenvalue weighted by atomic mass is 35.5. The van der Waals surface area contributed by atoms with Crippen LogP contribution in [-0.4, -0.2) is 50.5 Å². The Balaban J connectivity index is 2.46. The van der Waals surface area contributed by atoms with Gasteiger partial charge in [-0.25, -0.2) is 8.42 Å². The zero-order valence-corrected chi connectivity index (χ0v) is 23.0. The summed E-state index contributed by atoms with van der Waals surface area (Å²) in [4.78, 5) is 28.1. The summed E-state index contributed by atoms with van der Waals surface area (Å²) in [6, 6.07) is 11.0. The van der Waals surface area contributed by atoms with E-state index in [0.717, 1.165) is 16.1 Å². The van der Waals surface area contributed by atoms with E-state index in [0.29, 0.717) is 34.3 Å². The normalized spacial score (nSPS) is 12.3. The molecule has 0 aromatic heterocycles. The molecule has 7 nitrogen and oxygen atoms in total. The van der Waals surface area contributed by atoms with Crippen LogP contribution in [0.1, 0.15) is 38.3 Å². The summed E-state index contributed by atoms with van der Waals surface area (Å²) in [7, 11) is -3.78. The van der Waals surface area contributed by atoms with Crippen molar-refractivity contribution in [1.82, 2.24) is 10.2 Å². The third-order valence-electron chi connectivity index (χ3n) is 5.40. The molecule has 0 radical (unpaired) electrons. The van der Waals surface area contributed by atoms with Crippen LogP contribution in [0, 0.1) is 12.8 Å². The number of nitrogens with one attached hydrogen (secondary N) is 1. The molecule has 2 amide bonds. The molecule has 0 bridgehead atoms. The summed E-state index contributed by atoms with van der Waals surface area (Å²) >= 11 is 12.4. The number of nitrogens with zero attached hydrogens (tertiary/aromatic N) is 2. The van der Waals surface area contributed by atoms with Gasteiger partial charge in [0.1, 0.15) is 12.6 Å². The van der Waals surface area contributed by atoms with Crippen molar-refractivity contribution in [1.29, 1.82) is 0 Å². The van der Waals surface area contributed by atoms with E-state index in [1.807, 2.05) is 26.8 Å². The first kappa shape index (κ1) is 28.9. The molecule has 35 heavy (non-hydrogen) atoms. The first-order chi connectivity index (χ1) is 16.3. The smallest absolute Gasteiger partial charge is 0.244 e. The molecule has 1 atom stereocenters. The van der Waals surface area contributed by atoms with Crippen molar-refractivity contribution in [2.75, 3.05) is 23.7 Å². The Morgan fingerprint density at radius 1 is 1.09 bits per heavy atom. The molecule has 1 unspecified atom stereocenters. The van der Waals surface area contributed by atoms with Crippen LogP contribution in [0.2, 0.25) is 10.0 Å². The Hall–Kier alpha value is -2.29. The van der Waals surface area contributed by atoms with Crippen LogP contribution in [0.3, 0.4) is 0 Å². The van der Waals surface area contributed by atoms with Gasteiger partial charge in [0, 0.05) is 23.1 Å². The Morgan fingerprint density at radius 2 is 1.77 bits per heavy atom. The minimum atomic E-state index is -3.78. The molecule has 0 aliphatic rings. The number of carbonyl (C=O) groups is 2. The van der Waals surface area contributed by atoms with Crippen molar-refractivity contribution in [2.24, 2.45) is 5.92 Å². The fourth-order valence-electron chi connectivity index (χ4n) is 3.57. The second kappa shape index (κ2) is 12.6. The largest absolute Gasteiger partial charge is 0.354 e. The third-order valence-corrected chi connectivity index (χ3v) is 7.12. The SMILES string of the molecule is CCC(C(=O)NCC(C)C)N(Cc1ccc(Cl)cc1Cl)C(=O)CN(c1cccc(C)c1)S(C)(=O)=O. The molecule has 0 saturated heterocycles. The minimum absolute atomic E-state index is 0.0217. The summed E-state index contributed by atoms with van der Waals surface area (Å²) in [6.07, 6.45) is 1.39. The van der Waals surface area contributed by atoms with Crippen LogP contribution in [-0.2, 0) is 26.2 Å². The van der Waals surface area contributed by atoms with Crippen LogP contribution < -0.4 is 9.62 Å². The molecule has 0 fully saturated rings. The number of anilines is 1. The number of carbonyl (C=O) groups excluding carboxylic acids is 2. The lowest BCUT2D eigenvalue weighted by atomic mass is 10.1. The van der Waals surface area contributed by atoms with Crippen LogP contribution in [0.15, 0.2) is 42.5 Å². The summed E-state index contributed by atoms with van der Waals surface area (Å²) in [6.45, 7) is 7.62. The molecule has 0 saturated carbocycles. The summed E-state index contributed by atoms with van der Waals surface area (Å²) in [5, 5.41) is 3.68. The minimum Gasteiger partial charge on any atom is -0.354 e. The van der Waals surface area contributed by atoms with Crippen LogP contribution >= 0.6 is 23.2 Å². The van der Waals surface area contributed by atoms with Gasteiger partial charge in [0.2, 0.25) is 21.8 Å². The van der Waals surface area contributed by atoms with E-state index >= 15 is 0 Å². The Bertz CT molecular complexity index is 1160. The average molecular weight is 543 g/mol. The molecule has 0 spiro atoms. The second-order valence-electron chi connectivity index (χ2n) is 8.93. The molecular formula is C25H33Cl2N3O4S. The fraction of sp³-hybridized carbons (Fsp3) is 0.440. The molecule has 0 aliphatic carbocycles. The van der Waals surface area contributed by atoms with E-state index in [1.165, 1.54) is 4.90 Å². The molecular weight excluding hydrogens is 509 g/mol. The molecule has 192 valence electrons. The third kappa shape index (κ3) is 8.40. The van der Waals surface area contributed by atoms with E-state index in [-0.39, 0.29) is 18.4 Å². The van der Waals surface area contributed by atoms with Gasteiger partial charge in [0.05, 0.1) is 11.9 Å². The molecule has 2 aromatic rings. The van der Waals surface area contributed by atoms with E-state index in [1.54, 1.807) is 43.3 Å². The number of rotatable bonds is 11. The quantitative estimate of drug-likeness (QED) is 0.448. The highest BCUT2D eigenvalue weighted by Gasteiger charge is 2.32. The molecule has 1 N–H and O–H groups in total. The lowest BCUT2D eigenvalue weighted by Gasteiger charge is -2.33. The van der Waals surface area contributed by atoms with Gasteiger partial charge in [-0.05, 0) is 54.7 Å². The van der Waals surface area contributed by atoms with Gasteiger partial charge in [0.25, 0.3) is 0 Å². The van der Waals surface area contributed by atoms with Crippen LogP contribution in [0.25, 0.3) is 0 Å². The van der Waals surface area contributed by atoms with Crippen molar-refractivity contribution in [2.45, 2.75) is 46.7 Å². The first-order valence-electron chi connectivity index (χ1n) is 11.4. The summed E-state index contributed by atoms with van der Waals surface area (Å²) < 4.78 is 26.3. The van der Waals surface area contributed by atoms with E-state index in [9.17, 15) is 18.0 Å². The number of hydrogen-bond donors (Lipinski definition) is 1. The number of halogens is 2. The van der Waals surface area contributed by atoms with Crippen LogP contribution in [0.5, 0.6) is 0 Å². The van der Waals surface area contributed by atoms with Gasteiger partial charge in [0.15, 0.2) is 0 Å². The zero-order valence-electron chi connectivity index (χ0n) is 20.7. The Morgan fingerprint density at radius 3 is 2.31 bits per heavy atom. The van der Waals surface area contributed by atoms with Gasteiger partial charge >= 0.3 is 0 Å². The maximum atomic E-state index is 13.7. The summed E-state index contributed by atoms with van der Waals surface area (Å²) in [5.74, 6) is -0.594. The Kier molecular flexibility index (Phi) is 10.4. The highest BCUT2D eigenvalue weighted by molar-refractivity contribution is 7.92. The van der Waals surface area contributed by atoms with Crippen LogP contribution in [0.4, 0.5) is 5.69 Å². The maximum Gasteiger partial charge on any atom is 0.244 e. The summed E-state index contributed by atoms with van der Waals surface area (Å²) in [5.41, 5.74) is 1.83. The molecule has 2 rings (SSSR count). The predicted molar refractivity (Wildman–Crippen MR) is 142 cm³/mol. The number of hydrogen-bond acceptors (Lipinski definition) is 4. The molecule has 0 aliphatic heterocycles. The topological polar surface area (TPSA) is 86.8 Å². The van der Waals surface area contributed by atoms with E-state index in [2.05, 4.69) is 5.32 Å². The number of amides is 2. The predicted octanol–water partition coefficient (Wildman–Crippen LogP) is 4.65. The standard InChI is InChI=1S/C25H33Cl2N3O4S/c1-6-23(25(32)28-14-17(2)3)29(15-19-10-11-20(26)13-22(19)27)24(31)16-30(35(5,33)34)21-9-7-8-18(4)12-21/h7-13,17,23H,6,14-16H2,1-5H3,(H,28,32). The zero-order chi connectivity index (χ0) is 26.3. The van der Waals surface area contributed by atoms with Gasteiger partial charge in [-0.1, -0.05) is 62.2 Å². The monoisotopic (exact) mass is 541 g/mol. The van der Waals surface area contributed by atoms with Crippen molar-refractivity contribution >= 4 is 50.7 Å². The number of sulfonamides is 1. The van der Waals surface area contributed by atoms with E-state index in [4.69, 9.17) is 23.2 Å². The fourth-order valence-corrected chi connectivity index (χ4v) is 4.88. The lowest BCUT2D eigenvalue weighted by molar-refractivity contribution is -0.140. The van der Waals surface area contributed by atoms with E-state index < -0.39 is 28.5 Å². The first-order valence-corrected chi connectivity index (χ1v) is 14.0. The van der Waals surface area contributed by atoms with Crippen molar-refractivity contribution in [3.05, 3.63) is 63.6 Å². The van der Waals surface area contributed by atoms with Gasteiger partial charge < -0.3 is 10.2 Å².